The molecule has 0 N–H and O–H groups in total. The zero-order valence-corrected chi connectivity index (χ0v) is 9.10. The van der Waals surface area contributed by atoms with Gasteiger partial charge in [0.15, 0.2) is 0 Å². The Bertz CT molecular complexity index is 279. The summed E-state index contributed by atoms with van der Waals surface area (Å²) in [6, 6.07) is 0. The highest BCUT2D eigenvalue weighted by Crippen LogP contribution is 2.41. The first-order chi connectivity index (χ1) is 8.16. The van der Waals surface area contributed by atoms with E-state index < -0.39 is 25.1 Å². The lowest BCUT2D eigenvalue weighted by atomic mass is 10.4. The Kier molecular flexibility index (Phi) is 4.47. The molecule has 1 unspecified atom stereocenters. The molecule has 4 nitrogen and oxygen atoms in total. The van der Waals surface area contributed by atoms with E-state index in [9.17, 15) is 26.5 Å². The van der Waals surface area contributed by atoms with Crippen LogP contribution in [0.15, 0.2) is 0 Å². The molecule has 1 fully saturated rings. The predicted molar refractivity (Wildman–Crippen MR) is 42.7 cm³/mol. The van der Waals surface area contributed by atoms with Crippen LogP contribution >= 0.6 is 0 Å². The largest absolute Gasteiger partial charge is 0.520 e. The molecule has 0 aliphatic heterocycles. The van der Waals surface area contributed by atoms with Crippen molar-refractivity contribution in [2.75, 3.05) is 13.7 Å². The zero-order chi connectivity index (χ0) is 14.0. The maximum absolute atomic E-state index is 12.6. The number of alkyl halides is 5. The second-order valence-electron chi connectivity index (χ2n) is 3.66. The molecule has 0 heterocycles. The van der Waals surface area contributed by atoms with E-state index in [1.807, 2.05) is 4.94 Å². The van der Waals surface area contributed by atoms with Gasteiger partial charge < -0.3 is 9.47 Å². The maximum Gasteiger partial charge on any atom is 0.520 e. The summed E-state index contributed by atoms with van der Waals surface area (Å²) in [5.41, 5.74) is 0. The van der Waals surface area contributed by atoms with Crippen LogP contribution in [0.25, 0.3) is 0 Å². The summed E-state index contributed by atoms with van der Waals surface area (Å²) in [6.07, 6.45) is -9.39. The summed E-state index contributed by atoms with van der Waals surface area (Å²) in [7, 11) is 0.439. The summed E-state index contributed by atoms with van der Waals surface area (Å²) in [5.74, 6) is -4.27. The lowest BCUT2D eigenvalue weighted by Crippen LogP contribution is -2.55. The van der Waals surface area contributed by atoms with Crippen molar-refractivity contribution in [1.82, 2.24) is 0 Å². The van der Waals surface area contributed by atoms with E-state index in [1.165, 1.54) is 0 Å². The molecule has 0 aromatic carbocycles. The van der Waals surface area contributed by atoms with Crippen molar-refractivity contribution < 1.29 is 45.6 Å². The van der Waals surface area contributed by atoms with Gasteiger partial charge in [-0.05, 0) is 23.3 Å². The van der Waals surface area contributed by atoms with Crippen LogP contribution in [0, 0.1) is 5.92 Å². The number of rotatable bonds is 7. The zero-order valence-electron chi connectivity index (χ0n) is 9.10. The summed E-state index contributed by atoms with van der Waals surface area (Å²) < 4.78 is 85.3. The van der Waals surface area contributed by atoms with Crippen LogP contribution in [0.5, 0.6) is 0 Å². The normalized spacial score (nSPS) is 20.8. The quantitative estimate of drug-likeness (QED) is 0.532. The average Bonchev–Trinajstić information content (AvgIpc) is 3.06. The Morgan fingerprint density at radius 1 is 1.11 bits per heavy atom. The van der Waals surface area contributed by atoms with Crippen LogP contribution in [0.3, 0.4) is 0 Å². The Labute approximate surface area is 97.6 Å². The first kappa shape index (κ1) is 15.5. The molecule has 0 aromatic rings. The Hall–Kier alpha value is -0.580. The molecule has 18 heavy (non-hydrogen) atoms. The van der Waals surface area contributed by atoms with Gasteiger partial charge in [0.1, 0.15) is 0 Å². The second-order valence-corrected chi connectivity index (χ2v) is 3.66. The van der Waals surface area contributed by atoms with E-state index in [4.69, 9.17) is 0 Å². The monoisotopic (exact) mass is 284 g/mol. The molecule has 0 spiro atoms. The van der Waals surface area contributed by atoms with Gasteiger partial charge in [-0.1, -0.05) is 4.94 Å². The molecule has 1 rings (SSSR count). The van der Waals surface area contributed by atoms with Gasteiger partial charge >= 0.3 is 18.4 Å². The highest BCUT2D eigenvalue weighted by Gasteiger charge is 2.65. The fourth-order valence-corrected chi connectivity index (χ4v) is 1.07. The van der Waals surface area contributed by atoms with Crippen LogP contribution in [-0.2, 0) is 19.2 Å². The highest BCUT2D eigenvalue weighted by atomic mass is 19.4. The molecular weight excluding hydrogens is 274 g/mol. The second kappa shape index (κ2) is 5.19. The van der Waals surface area contributed by atoms with Crippen molar-refractivity contribution in [1.29, 1.82) is 0 Å². The minimum Gasteiger partial charge on any atom is -0.323 e. The smallest absolute Gasteiger partial charge is 0.323 e. The van der Waals surface area contributed by atoms with E-state index in [0.29, 0.717) is 20.0 Å². The minimum atomic E-state index is -5.46. The third kappa shape index (κ3) is 3.70. The van der Waals surface area contributed by atoms with Crippen molar-refractivity contribution in [3.8, 4) is 0 Å². The average molecular weight is 284 g/mol. The van der Waals surface area contributed by atoms with Gasteiger partial charge in [0, 0.05) is 7.11 Å². The maximum atomic E-state index is 12.6. The SMILES string of the molecule is COC(OCC1CC1)(OC(F)(F)OF)C(F)(F)F. The Balaban J connectivity index is 2.82. The van der Waals surface area contributed by atoms with Crippen LogP contribution in [0.4, 0.5) is 26.5 Å². The van der Waals surface area contributed by atoms with E-state index in [1.54, 1.807) is 0 Å². The molecule has 1 saturated carbocycles. The molecule has 108 valence electrons. The molecule has 10 heteroatoms. The highest BCUT2D eigenvalue weighted by molar-refractivity contribution is 4.76. The molecule has 1 aliphatic carbocycles. The molecule has 1 atom stereocenters. The van der Waals surface area contributed by atoms with Crippen LogP contribution in [0.2, 0.25) is 0 Å². The molecule has 0 radical (unpaired) electrons. The van der Waals surface area contributed by atoms with Gasteiger partial charge in [-0.3, -0.25) is 0 Å². The molecule has 1 aliphatic rings. The van der Waals surface area contributed by atoms with Gasteiger partial charge in [0.05, 0.1) is 6.61 Å². The molecule has 0 saturated heterocycles. The number of hydrogen-bond donors (Lipinski definition) is 0. The molecule has 0 amide bonds. The molecular formula is C8H10F6O4. The van der Waals surface area contributed by atoms with E-state index >= 15 is 0 Å². The molecule has 0 bridgehead atoms. The van der Waals surface area contributed by atoms with Crippen molar-refractivity contribution in [2.45, 2.75) is 31.3 Å². The Morgan fingerprint density at radius 2 is 1.67 bits per heavy atom. The first-order valence-corrected chi connectivity index (χ1v) is 4.79. The molecule has 0 aromatic heterocycles. The summed E-state index contributed by atoms with van der Waals surface area (Å²) in [4.78, 5) is 2.00. The van der Waals surface area contributed by atoms with Crippen molar-refractivity contribution in [3.05, 3.63) is 0 Å². The standard InChI is InChI=1S/C8H10F6O4/c1-15-7(6(9,10)11,16-4-5-2-3-5)17-8(12,13)18-14/h5H,2-4H2,1H3. The predicted octanol–water partition coefficient (Wildman–Crippen LogP) is 2.74. The van der Waals surface area contributed by atoms with Gasteiger partial charge in [0.25, 0.3) is 0 Å². The Morgan fingerprint density at radius 3 is 2.00 bits per heavy atom. The third-order valence-corrected chi connectivity index (χ3v) is 2.16. The summed E-state index contributed by atoms with van der Waals surface area (Å²) >= 11 is 0. The summed E-state index contributed by atoms with van der Waals surface area (Å²) in [6.45, 7) is -0.504. The van der Waals surface area contributed by atoms with Crippen LogP contribution in [0.1, 0.15) is 12.8 Å². The van der Waals surface area contributed by atoms with Crippen LogP contribution in [-0.4, -0.2) is 32.2 Å². The van der Waals surface area contributed by atoms with Crippen molar-refractivity contribution in [3.63, 3.8) is 0 Å². The van der Waals surface area contributed by atoms with Gasteiger partial charge in [-0.25, -0.2) is 4.74 Å². The lowest BCUT2D eigenvalue weighted by Gasteiger charge is -2.34. The van der Waals surface area contributed by atoms with E-state index in [2.05, 4.69) is 14.2 Å². The summed E-state index contributed by atoms with van der Waals surface area (Å²) in [5, 5.41) is 0. The van der Waals surface area contributed by atoms with Crippen LogP contribution < -0.4 is 0 Å². The fraction of sp³-hybridized carbons (Fsp3) is 1.00. The number of ether oxygens (including phenoxy) is 3. The first-order valence-electron chi connectivity index (χ1n) is 4.79. The van der Waals surface area contributed by atoms with Crippen molar-refractivity contribution >= 4 is 0 Å². The van der Waals surface area contributed by atoms with Gasteiger partial charge in [-0.2, -0.15) is 13.2 Å². The topological polar surface area (TPSA) is 36.9 Å². The lowest BCUT2D eigenvalue weighted by molar-refractivity contribution is -0.584. The van der Waals surface area contributed by atoms with Gasteiger partial charge in [0.2, 0.25) is 0 Å². The number of halogens is 6. The van der Waals surface area contributed by atoms with Gasteiger partial charge in [-0.15, -0.1) is 8.78 Å². The number of hydrogen-bond acceptors (Lipinski definition) is 4. The fourth-order valence-electron chi connectivity index (χ4n) is 1.07. The minimum absolute atomic E-state index is 0.189. The van der Waals surface area contributed by atoms with E-state index in [0.717, 1.165) is 0 Å². The number of methoxy groups -OCH3 is 1. The van der Waals surface area contributed by atoms with E-state index in [-0.39, 0.29) is 5.92 Å². The van der Waals surface area contributed by atoms with Crippen molar-refractivity contribution in [2.24, 2.45) is 5.92 Å². The third-order valence-electron chi connectivity index (χ3n) is 2.16.